The lowest BCUT2D eigenvalue weighted by Gasteiger charge is -2.39. The minimum atomic E-state index is -0.210. The van der Waals surface area contributed by atoms with Gasteiger partial charge in [0.15, 0.2) is 0 Å². The molecule has 1 N–H and O–H groups in total. The van der Waals surface area contributed by atoms with Crippen molar-refractivity contribution in [2.75, 3.05) is 40.3 Å². The summed E-state index contributed by atoms with van der Waals surface area (Å²) >= 11 is 0. The molecular weight excluding hydrogens is 240 g/mol. The Morgan fingerprint density at radius 1 is 1.42 bits per heavy atom. The molecule has 0 spiro atoms. The van der Waals surface area contributed by atoms with Gasteiger partial charge in [0.1, 0.15) is 0 Å². The van der Waals surface area contributed by atoms with E-state index in [4.69, 9.17) is 4.74 Å². The summed E-state index contributed by atoms with van der Waals surface area (Å²) < 4.78 is 4.93. The van der Waals surface area contributed by atoms with Gasteiger partial charge in [-0.2, -0.15) is 0 Å². The van der Waals surface area contributed by atoms with Crippen LogP contribution in [0, 0.1) is 11.3 Å². The molecule has 2 aliphatic rings. The van der Waals surface area contributed by atoms with Gasteiger partial charge in [0.25, 0.3) is 0 Å². The van der Waals surface area contributed by atoms with Crippen molar-refractivity contribution >= 4 is 5.97 Å². The number of carbonyl (C=O) groups is 1. The van der Waals surface area contributed by atoms with Crippen molar-refractivity contribution in [2.45, 2.75) is 38.5 Å². The minimum absolute atomic E-state index is 0.0244. The number of hydrogen-bond acceptors (Lipinski definition) is 4. The van der Waals surface area contributed by atoms with Crippen LogP contribution in [-0.2, 0) is 9.53 Å². The largest absolute Gasteiger partial charge is 0.469 e. The molecule has 110 valence electrons. The van der Waals surface area contributed by atoms with Crippen molar-refractivity contribution in [3.05, 3.63) is 0 Å². The number of nitrogens with zero attached hydrogens (tertiary/aromatic N) is 1. The molecule has 0 aromatic heterocycles. The summed E-state index contributed by atoms with van der Waals surface area (Å²) in [5.74, 6) is 0.797. The second-order valence-corrected chi connectivity index (χ2v) is 6.36. The molecule has 4 heteroatoms. The molecule has 0 aromatic carbocycles. The summed E-state index contributed by atoms with van der Waals surface area (Å²) in [6.07, 6.45) is 7.03. The van der Waals surface area contributed by atoms with Crippen LogP contribution in [0.25, 0.3) is 0 Å². The van der Waals surface area contributed by atoms with Crippen molar-refractivity contribution < 1.29 is 9.53 Å². The van der Waals surface area contributed by atoms with Gasteiger partial charge < -0.3 is 15.0 Å². The molecule has 0 radical (unpaired) electrons. The first-order valence-electron chi connectivity index (χ1n) is 7.64. The van der Waals surface area contributed by atoms with Gasteiger partial charge in [-0.25, -0.2) is 0 Å². The summed E-state index contributed by atoms with van der Waals surface area (Å²) in [4.78, 5) is 14.2. The van der Waals surface area contributed by atoms with Crippen molar-refractivity contribution in [1.29, 1.82) is 0 Å². The van der Waals surface area contributed by atoms with Crippen LogP contribution in [0.15, 0.2) is 0 Å². The van der Waals surface area contributed by atoms with E-state index in [1.807, 2.05) is 0 Å². The van der Waals surface area contributed by atoms with Crippen molar-refractivity contribution in [3.63, 3.8) is 0 Å². The first kappa shape index (κ1) is 14.8. The molecular formula is C15H28N2O2. The Morgan fingerprint density at radius 3 is 2.79 bits per heavy atom. The Hall–Kier alpha value is -0.610. The predicted molar refractivity (Wildman–Crippen MR) is 76.0 cm³/mol. The van der Waals surface area contributed by atoms with Gasteiger partial charge in [-0.15, -0.1) is 0 Å². The zero-order valence-electron chi connectivity index (χ0n) is 12.4. The SMILES string of the molecule is COC(=O)C1(CNCCC2CCCN(C)C2)CCC1. The number of esters is 1. The molecule has 2 rings (SSSR count). The second-order valence-electron chi connectivity index (χ2n) is 6.36. The van der Waals surface area contributed by atoms with Crippen LogP contribution in [0.2, 0.25) is 0 Å². The van der Waals surface area contributed by atoms with Gasteiger partial charge >= 0.3 is 5.97 Å². The molecule has 1 aliphatic carbocycles. The van der Waals surface area contributed by atoms with Gasteiger partial charge in [-0.1, -0.05) is 6.42 Å². The highest BCUT2D eigenvalue weighted by atomic mass is 16.5. The van der Waals surface area contributed by atoms with Crippen LogP contribution in [0.3, 0.4) is 0 Å². The van der Waals surface area contributed by atoms with Crippen LogP contribution in [0.4, 0.5) is 0 Å². The van der Waals surface area contributed by atoms with E-state index in [1.54, 1.807) is 0 Å². The fourth-order valence-electron chi connectivity index (χ4n) is 3.42. The molecule has 19 heavy (non-hydrogen) atoms. The molecule has 1 aliphatic heterocycles. The third kappa shape index (κ3) is 3.69. The average molecular weight is 268 g/mol. The van der Waals surface area contributed by atoms with Crippen LogP contribution >= 0.6 is 0 Å². The average Bonchev–Trinajstić information content (AvgIpc) is 2.36. The molecule has 1 saturated carbocycles. The molecule has 1 heterocycles. The first-order valence-corrected chi connectivity index (χ1v) is 7.64. The number of piperidine rings is 1. The van der Waals surface area contributed by atoms with Crippen LogP contribution in [0.1, 0.15) is 38.5 Å². The van der Waals surface area contributed by atoms with Crippen LogP contribution in [0.5, 0.6) is 0 Å². The quantitative estimate of drug-likeness (QED) is 0.587. The van der Waals surface area contributed by atoms with E-state index >= 15 is 0 Å². The summed E-state index contributed by atoms with van der Waals surface area (Å²) in [5.41, 5.74) is -0.210. The fourth-order valence-corrected chi connectivity index (χ4v) is 3.42. The van der Waals surface area contributed by atoms with Crippen molar-refractivity contribution in [2.24, 2.45) is 11.3 Å². The van der Waals surface area contributed by atoms with E-state index in [0.29, 0.717) is 0 Å². The lowest BCUT2D eigenvalue weighted by atomic mass is 9.68. The maximum atomic E-state index is 11.8. The molecule has 1 unspecified atom stereocenters. The highest BCUT2D eigenvalue weighted by Gasteiger charge is 2.44. The Labute approximate surface area is 116 Å². The number of hydrogen-bond donors (Lipinski definition) is 1. The van der Waals surface area contributed by atoms with Crippen molar-refractivity contribution in [3.8, 4) is 0 Å². The monoisotopic (exact) mass is 268 g/mol. The van der Waals surface area contributed by atoms with E-state index in [0.717, 1.165) is 38.3 Å². The van der Waals surface area contributed by atoms with Gasteiger partial charge in [0.2, 0.25) is 0 Å². The highest BCUT2D eigenvalue weighted by molar-refractivity contribution is 5.78. The van der Waals surface area contributed by atoms with E-state index in [9.17, 15) is 4.79 Å². The number of carbonyl (C=O) groups excluding carboxylic acids is 1. The molecule has 0 bridgehead atoms. The molecule has 0 amide bonds. The van der Waals surface area contributed by atoms with Gasteiger partial charge in [0.05, 0.1) is 12.5 Å². The van der Waals surface area contributed by atoms with Gasteiger partial charge in [0, 0.05) is 13.1 Å². The van der Waals surface area contributed by atoms with Crippen LogP contribution in [-0.4, -0.2) is 51.2 Å². The number of ether oxygens (including phenoxy) is 1. The molecule has 0 aromatic rings. The number of methoxy groups -OCH3 is 1. The number of nitrogens with one attached hydrogen (secondary N) is 1. The normalized spacial score (nSPS) is 26.7. The lowest BCUT2D eigenvalue weighted by Crippen LogP contribution is -2.47. The maximum absolute atomic E-state index is 11.8. The first-order chi connectivity index (χ1) is 9.16. The second kappa shape index (κ2) is 6.71. The fraction of sp³-hybridized carbons (Fsp3) is 0.933. The van der Waals surface area contributed by atoms with Crippen LogP contribution < -0.4 is 5.32 Å². The third-order valence-corrected chi connectivity index (χ3v) is 4.84. The van der Waals surface area contributed by atoms with Gasteiger partial charge in [-0.3, -0.25) is 4.79 Å². The van der Waals surface area contributed by atoms with Crippen molar-refractivity contribution in [1.82, 2.24) is 10.2 Å². The smallest absolute Gasteiger partial charge is 0.313 e. The highest BCUT2D eigenvalue weighted by Crippen LogP contribution is 2.41. The van der Waals surface area contributed by atoms with E-state index in [2.05, 4.69) is 17.3 Å². The molecule has 2 fully saturated rings. The number of rotatable bonds is 6. The summed E-state index contributed by atoms with van der Waals surface area (Å²) in [7, 11) is 3.71. The summed E-state index contributed by atoms with van der Waals surface area (Å²) in [6, 6.07) is 0. The zero-order valence-corrected chi connectivity index (χ0v) is 12.4. The standard InChI is InChI=1S/C15H28N2O2/c1-17-10-3-5-13(11-17)6-9-16-12-15(7-4-8-15)14(18)19-2/h13,16H,3-12H2,1-2H3. The Balaban J connectivity index is 1.64. The maximum Gasteiger partial charge on any atom is 0.313 e. The topological polar surface area (TPSA) is 41.6 Å². The lowest BCUT2D eigenvalue weighted by molar-refractivity contribution is -0.158. The molecule has 1 atom stereocenters. The Morgan fingerprint density at radius 2 is 2.21 bits per heavy atom. The van der Waals surface area contributed by atoms with E-state index < -0.39 is 0 Å². The minimum Gasteiger partial charge on any atom is -0.469 e. The van der Waals surface area contributed by atoms with E-state index in [1.165, 1.54) is 39.5 Å². The third-order valence-electron chi connectivity index (χ3n) is 4.84. The molecule has 1 saturated heterocycles. The van der Waals surface area contributed by atoms with E-state index in [-0.39, 0.29) is 11.4 Å². The number of likely N-dealkylation sites (tertiary alicyclic amines) is 1. The molecule has 4 nitrogen and oxygen atoms in total. The zero-order chi connectivity index (χ0) is 13.7. The summed E-state index contributed by atoms with van der Waals surface area (Å²) in [5, 5.41) is 3.49. The summed E-state index contributed by atoms with van der Waals surface area (Å²) in [6.45, 7) is 4.29. The Bertz CT molecular complexity index is 303. The Kier molecular flexibility index (Phi) is 5.22. The predicted octanol–water partition coefficient (Wildman–Crippen LogP) is 1.65. The van der Waals surface area contributed by atoms with Gasteiger partial charge in [-0.05, 0) is 58.2 Å².